The van der Waals surface area contributed by atoms with Crippen LogP contribution in [0.25, 0.3) is 0 Å². The van der Waals surface area contributed by atoms with Crippen molar-refractivity contribution in [3.8, 4) is 0 Å². The summed E-state index contributed by atoms with van der Waals surface area (Å²) in [4.78, 5) is 19.3. The van der Waals surface area contributed by atoms with E-state index < -0.39 is 0 Å². The molecule has 2 heterocycles. The molecule has 0 bridgehead atoms. The first-order valence-corrected chi connectivity index (χ1v) is 9.72. The summed E-state index contributed by atoms with van der Waals surface area (Å²) in [6.45, 7) is 2.97. The number of nitrogens with zero attached hydrogens (tertiary/aromatic N) is 2. The smallest absolute Gasteiger partial charge is 0.220 e. The number of hydrogen-bond acceptors (Lipinski definition) is 3. The molecule has 2 aliphatic carbocycles. The molecule has 2 saturated carbocycles. The summed E-state index contributed by atoms with van der Waals surface area (Å²) in [5.74, 6) is 2.60. The van der Waals surface area contributed by atoms with E-state index in [-0.39, 0.29) is 11.9 Å². The Morgan fingerprint density at radius 1 is 1.21 bits per heavy atom. The molecule has 0 radical (unpaired) electrons. The van der Waals surface area contributed by atoms with E-state index in [1.165, 1.54) is 44.1 Å². The highest BCUT2D eigenvalue weighted by atomic mass is 16.1. The Kier molecular flexibility index (Phi) is 4.83. The van der Waals surface area contributed by atoms with Gasteiger partial charge in [0.2, 0.25) is 5.91 Å². The molecule has 0 aromatic carbocycles. The highest BCUT2D eigenvalue weighted by molar-refractivity contribution is 5.76. The minimum atomic E-state index is 0.256. The van der Waals surface area contributed by atoms with Crippen molar-refractivity contribution in [2.24, 2.45) is 17.8 Å². The molecule has 1 amide bonds. The fourth-order valence-electron chi connectivity index (χ4n) is 4.35. The summed E-state index contributed by atoms with van der Waals surface area (Å²) >= 11 is 0. The van der Waals surface area contributed by atoms with Crippen LogP contribution in [-0.4, -0.2) is 35.4 Å². The monoisotopic (exact) mass is 327 g/mol. The maximum Gasteiger partial charge on any atom is 0.220 e. The van der Waals surface area contributed by atoms with Gasteiger partial charge in [-0.05, 0) is 81.0 Å². The second-order valence-corrected chi connectivity index (χ2v) is 7.89. The summed E-state index contributed by atoms with van der Waals surface area (Å²) in [5, 5.41) is 3.25. The van der Waals surface area contributed by atoms with Crippen LogP contribution in [0.1, 0.15) is 56.6 Å². The van der Waals surface area contributed by atoms with Gasteiger partial charge in [0.05, 0.1) is 6.04 Å². The van der Waals surface area contributed by atoms with Crippen LogP contribution in [0.5, 0.6) is 0 Å². The maximum atomic E-state index is 12.5. The number of aromatic nitrogens is 1. The lowest BCUT2D eigenvalue weighted by Crippen LogP contribution is -2.37. The lowest BCUT2D eigenvalue weighted by atomic mass is 9.93. The van der Waals surface area contributed by atoms with Crippen molar-refractivity contribution in [2.75, 3.05) is 19.6 Å². The van der Waals surface area contributed by atoms with E-state index in [1.54, 1.807) is 0 Å². The van der Waals surface area contributed by atoms with Crippen molar-refractivity contribution >= 4 is 5.91 Å². The Balaban J connectivity index is 1.34. The molecule has 4 rings (SSSR count). The molecule has 1 N–H and O–H groups in total. The number of rotatable bonds is 8. The summed E-state index contributed by atoms with van der Waals surface area (Å²) in [5.41, 5.74) is 1.22. The molecular formula is C20H29N3O. The van der Waals surface area contributed by atoms with E-state index in [2.05, 4.69) is 21.3 Å². The van der Waals surface area contributed by atoms with Gasteiger partial charge in [-0.15, -0.1) is 0 Å². The predicted octanol–water partition coefficient (Wildman–Crippen LogP) is 3.16. The molecule has 24 heavy (non-hydrogen) atoms. The molecule has 4 heteroatoms. The molecule has 1 aromatic heterocycles. The third kappa shape index (κ3) is 3.97. The molecule has 0 unspecified atom stereocenters. The number of nitrogens with one attached hydrogen (secondary N) is 1. The third-order valence-corrected chi connectivity index (χ3v) is 6.02. The van der Waals surface area contributed by atoms with Crippen LogP contribution in [0, 0.1) is 17.8 Å². The summed E-state index contributed by atoms with van der Waals surface area (Å²) in [7, 11) is 0. The van der Waals surface area contributed by atoms with Crippen LogP contribution in [0.2, 0.25) is 0 Å². The number of hydrogen-bond donors (Lipinski definition) is 1. The van der Waals surface area contributed by atoms with E-state index in [9.17, 15) is 4.79 Å². The topological polar surface area (TPSA) is 45.2 Å². The lowest BCUT2D eigenvalue weighted by Gasteiger charge is -2.28. The van der Waals surface area contributed by atoms with E-state index in [0.29, 0.717) is 12.5 Å². The summed E-state index contributed by atoms with van der Waals surface area (Å²) < 4.78 is 0. The normalized spacial score (nSPS) is 22.7. The average molecular weight is 327 g/mol. The molecule has 130 valence electrons. The molecule has 1 atom stereocenters. The number of likely N-dealkylation sites (tertiary alicyclic amines) is 1. The van der Waals surface area contributed by atoms with Gasteiger partial charge in [0, 0.05) is 25.4 Å². The Morgan fingerprint density at radius 2 is 1.92 bits per heavy atom. The van der Waals surface area contributed by atoms with E-state index in [1.807, 2.05) is 18.5 Å². The van der Waals surface area contributed by atoms with Gasteiger partial charge >= 0.3 is 0 Å². The Labute approximate surface area is 145 Å². The number of carbonyl (C=O) groups excluding carboxylic acids is 1. The molecule has 0 spiro atoms. The van der Waals surface area contributed by atoms with E-state index in [4.69, 9.17) is 0 Å². The second-order valence-electron chi connectivity index (χ2n) is 7.89. The fourth-order valence-corrected chi connectivity index (χ4v) is 4.35. The molecule has 1 saturated heterocycles. The highest BCUT2D eigenvalue weighted by Gasteiger charge is 2.42. The molecular weight excluding hydrogens is 298 g/mol. The van der Waals surface area contributed by atoms with E-state index >= 15 is 0 Å². The molecule has 1 aromatic rings. The lowest BCUT2D eigenvalue weighted by molar-refractivity contribution is -0.122. The van der Waals surface area contributed by atoms with Gasteiger partial charge in [-0.2, -0.15) is 0 Å². The average Bonchev–Trinajstić information content (AvgIpc) is 3.54. The number of pyridine rings is 1. The van der Waals surface area contributed by atoms with Crippen LogP contribution in [0.15, 0.2) is 24.5 Å². The summed E-state index contributed by atoms with van der Waals surface area (Å²) in [6, 6.07) is 4.40. The highest BCUT2D eigenvalue weighted by Crippen LogP contribution is 2.50. The number of amides is 1. The first-order chi connectivity index (χ1) is 11.8. The fraction of sp³-hybridized carbons (Fsp3) is 0.700. The maximum absolute atomic E-state index is 12.5. The first-order valence-electron chi connectivity index (χ1n) is 9.72. The van der Waals surface area contributed by atoms with Crippen molar-refractivity contribution < 1.29 is 4.79 Å². The van der Waals surface area contributed by atoms with Crippen LogP contribution >= 0.6 is 0 Å². The van der Waals surface area contributed by atoms with Gasteiger partial charge in [0.25, 0.3) is 0 Å². The van der Waals surface area contributed by atoms with Crippen LogP contribution in [0.3, 0.4) is 0 Å². The molecule has 4 nitrogen and oxygen atoms in total. The molecule has 3 fully saturated rings. The van der Waals surface area contributed by atoms with Crippen LogP contribution in [0.4, 0.5) is 0 Å². The van der Waals surface area contributed by atoms with Crippen molar-refractivity contribution in [1.29, 1.82) is 0 Å². The molecule has 1 aliphatic heterocycles. The third-order valence-electron chi connectivity index (χ3n) is 6.02. The zero-order chi connectivity index (χ0) is 16.4. The quantitative estimate of drug-likeness (QED) is 0.798. The van der Waals surface area contributed by atoms with Gasteiger partial charge in [-0.3, -0.25) is 14.7 Å². The van der Waals surface area contributed by atoms with E-state index in [0.717, 1.165) is 31.3 Å². The Morgan fingerprint density at radius 3 is 2.50 bits per heavy atom. The second kappa shape index (κ2) is 7.22. The molecule has 3 aliphatic rings. The number of carbonyl (C=O) groups is 1. The van der Waals surface area contributed by atoms with Crippen molar-refractivity contribution in [1.82, 2.24) is 15.2 Å². The van der Waals surface area contributed by atoms with Crippen LogP contribution < -0.4 is 5.32 Å². The zero-order valence-electron chi connectivity index (χ0n) is 14.5. The van der Waals surface area contributed by atoms with Crippen LogP contribution in [-0.2, 0) is 4.79 Å². The first kappa shape index (κ1) is 16.1. The van der Waals surface area contributed by atoms with Gasteiger partial charge in [0.1, 0.15) is 0 Å². The minimum absolute atomic E-state index is 0.256. The Hall–Kier alpha value is -1.42. The minimum Gasteiger partial charge on any atom is -0.354 e. The van der Waals surface area contributed by atoms with Gasteiger partial charge in [-0.25, -0.2) is 0 Å². The zero-order valence-corrected chi connectivity index (χ0v) is 14.5. The van der Waals surface area contributed by atoms with Gasteiger partial charge in [0.15, 0.2) is 0 Å². The van der Waals surface area contributed by atoms with Gasteiger partial charge in [-0.1, -0.05) is 6.07 Å². The largest absolute Gasteiger partial charge is 0.354 e. The van der Waals surface area contributed by atoms with Gasteiger partial charge < -0.3 is 5.32 Å². The predicted molar refractivity (Wildman–Crippen MR) is 94.3 cm³/mol. The Bertz CT molecular complexity index is 535. The van der Waals surface area contributed by atoms with Crippen molar-refractivity contribution in [3.63, 3.8) is 0 Å². The summed E-state index contributed by atoms with van der Waals surface area (Å²) in [6.07, 6.45) is 12.4. The van der Waals surface area contributed by atoms with Crippen molar-refractivity contribution in [2.45, 2.75) is 51.0 Å². The standard InChI is InChI=1S/C20H29N3O/c24-20(12-18(15-5-6-15)16-7-8-16)22-14-19(23-10-1-2-11-23)17-4-3-9-21-13-17/h3-4,9,13,15-16,18-19H,1-2,5-8,10-12,14H2,(H,22,24)/t19-/m0/s1. The SMILES string of the molecule is O=C(CC(C1CC1)C1CC1)NC[C@@H](c1cccnc1)N1CCCC1. The van der Waals surface area contributed by atoms with Crippen molar-refractivity contribution in [3.05, 3.63) is 30.1 Å².